The number of aryl methyl sites for hydroxylation is 1. The van der Waals surface area contributed by atoms with Crippen LogP contribution in [0.1, 0.15) is 49.2 Å². The Morgan fingerprint density at radius 1 is 1.15 bits per heavy atom. The number of benzene rings is 1. The van der Waals surface area contributed by atoms with Gasteiger partial charge in [-0.3, -0.25) is 11.3 Å². The summed E-state index contributed by atoms with van der Waals surface area (Å²) in [7, 11) is 0. The van der Waals surface area contributed by atoms with Gasteiger partial charge < -0.3 is 0 Å². The molecular weight excluding hydrogens is 264 g/mol. The van der Waals surface area contributed by atoms with Crippen LogP contribution in [0.25, 0.3) is 0 Å². The lowest BCUT2D eigenvalue weighted by molar-refractivity contribution is 0.517. The molecule has 0 bridgehead atoms. The van der Waals surface area contributed by atoms with Gasteiger partial charge >= 0.3 is 0 Å². The van der Waals surface area contributed by atoms with Crippen LogP contribution in [0, 0.1) is 0 Å². The first kappa shape index (κ1) is 15.2. The lowest BCUT2D eigenvalue weighted by atomic mass is 9.86. The van der Waals surface area contributed by atoms with Crippen LogP contribution in [-0.2, 0) is 11.8 Å². The van der Waals surface area contributed by atoms with E-state index in [1.807, 2.05) is 11.3 Å². The fraction of sp³-hybridized carbons (Fsp3) is 0.412. The van der Waals surface area contributed by atoms with Crippen molar-refractivity contribution in [1.82, 2.24) is 5.43 Å². The van der Waals surface area contributed by atoms with Crippen molar-refractivity contribution in [2.45, 2.75) is 45.1 Å². The number of nitrogens with two attached hydrogens (primary N) is 1. The number of hydrogen-bond acceptors (Lipinski definition) is 3. The molecule has 0 amide bonds. The Hall–Kier alpha value is -1.16. The minimum absolute atomic E-state index is 0.196. The summed E-state index contributed by atoms with van der Waals surface area (Å²) < 4.78 is 0. The lowest BCUT2D eigenvalue weighted by Gasteiger charge is -2.21. The van der Waals surface area contributed by atoms with Crippen molar-refractivity contribution in [2.75, 3.05) is 0 Å². The number of hydrazine groups is 1. The number of rotatable bonds is 5. The van der Waals surface area contributed by atoms with E-state index in [1.54, 1.807) is 0 Å². The standard InChI is InChI=1S/C17H24N2S/c1-17(2,3)14-8-6-13(7-9-14)16(19-18)11-10-15-5-4-12-20-15/h4-9,12,16,19H,10-11,18H2,1-3H3. The largest absolute Gasteiger partial charge is 0.271 e. The van der Waals surface area contributed by atoms with E-state index in [9.17, 15) is 0 Å². The second kappa shape index (κ2) is 6.53. The van der Waals surface area contributed by atoms with Gasteiger partial charge in [-0.15, -0.1) is 11.3 Å². The Balaban J connectivity index is 2.04. The number of nitrogens with one attached hydrogen (secondary N) is 1. The normalized spacial score (nSPS) is 13.4. The molecule has 3 heteroatoms. The van der Waals surface area contributed by atoms with E-state index in [2.05, 4.69) is 68.0 Å². The van der Waals surface area contributed by atoms with Crippen LogP contribution in [0.3, 0.4) is 0 Å². The molecule has 0 aliphatic heterocycles. The van der Waals surface area contributed by atoms with Crippen LogP contribution in [0.2, 0.25) is 0 Å². The summed E-state index contributed by atoms with van der Waals surface area (Å²) in [6.07, 6.45) is 2.08. The van der Waals surface area contributed by atoms with E-state index >= 15 is 0 Å². The summed E-state index contributed by atoms with van der Waals surface area (Å²) >= 11 is 1.81. The highest BCUT2D eigenvalue weighted by atomic mass is 32.1. The van der Waals surface area contributed by atoms with Gasteiger partial charge in [0.2, 0.25) is 0 Å². The quantitative estimate of drug-likeness (QED) is 0.640. The Morgan fingerprint density at radius 2 is 1.85 bits per heavy atom. The Kier molecular flexibility index (Phi) is 4.97. The van der Waals surface area contributed by atoms with Crippen LogP contribution in [0.15, 0.2) is 41.8 Å². The van der Waals surface area contributed by atoms with Gasteiger partial charge in [0.05, 0.1) is 0 Å². The molecule has 1 atom stereocenters. The summed E-state index contributed by atoms with van der Waals surface area (Å²) in [5.41, 5.74) is 5.76. The Labute approximate surface area is 126 Å². The highest BCUT2D eigenvalue weighted by molar-refractivity contribution is 7.09. The summed E-state index contributed by atoms with van der Waals surface area (Å²) in [4.78, 5) is 1.41. The lowest BCUT2D eigenvalue weighted by Crippen LogP contribution is -2.28. The zero-order valence-electron chi connectivity index (χ0n) is 12.5. The highest BCUT2D eigenvalue weighted by Gasteiger charge is 2.15. The predicted molar refractivity (Wildman–Crippen MR) is 87.8 cm³/mol. The van der Waals surface area contributed by atoms with Gasteiger partial charge in [-0.1, -0.05) is 51.1 Å². The van der Waals surface area contributed by atoms with Crippen molar-refractivity contribution >= 4 is 11.3 Å². The summed E-state index contributed by atoms with van der Waals surface area (Å²) in [5.74, 6) is 5.72. The third-order valence-corrected chi connectivity index (χ3v) is 4.58. The highest BCUT2D eigenvalue weighted by Crippen LogP contribution is 2.25. The van der Waals surface area contributed by atoms with Crippen molar-refractivity contribution in [1.29, 1.82) is 0 Å². The van der Waals surface area contributed by atoms with Crippen LogP contribution in [-0.4, -0.2) is 0 Å². The van der Waals surface area contributed by atoms with Gasteiger partial charge in [0.15, 0.2) is 0 Å². The van der Waals surface area contributed by atoms with Crippen molar-refractivity contribution < 1.29 is 0 Å². The first-order chi connectivity index (χ1) is 9.50. The average Bonchev–Trinajstić information content (AvgIpc) is 2.92. The number of hydrogen-bond donors (Lipinski definition) is 2. The maximum absolute atomic E-state index is 5.72. The van der Waals surface area contributed by atoms with Crippen molar-refractivity contribution in [2.24, 2.45) is 5.84 Å². The van der Waals surface area contributed by atoms with Crippen LogP contribution >= 0.6 is 11.3 Å². The summed E-state index contributed by atoms with van der Waals surface area (Å²) in [6.45, 7) is 6.70. The van der Waals surface area contributed by atoms with E-state index < -0.39 is 0 Å². The van der Waals surface area contributed by atoms with Gasteiger partial charge in [-0.2, -0.15) is 0 Å². The zero-order chi connectivity index (χ0) is 14.6. The maximum Gasteiger partial charge on any atom is 0.0463 e. The molecule has 1 heterocycles. The molecular formula is C17H24N2S. The van der Waals surface area contributed by atoms with Crippen molar-refractivity contribution in [3.63, 3.8) is 0 Å². The third-order valence-electron chi connectivity index (χ3n) is 3.64. The molecule has 0 fully saturated rings. The van der Waals surface area contributed by atoms with Gasteiger partial charge in [0.1, 0.15) is 0 Å². The van der Waals surface area contributed by atoms with E-state index in [0.29, 0.717) is 0 Å². The second-order valence-electron chi connectivity index (χ2n) is 6.21. The van der Waals surface area contributed by atoms with Crippen LogP contribution in [0.5, 0.6) is 0 Å². The first-order valence-corrected chi connectivity index (χ1v) is 7.97. The fourth-order valence-corrected chi connectivity index (χ4v) is 3.03. The van der Waals surface area contributed by atoms with Gasteiger partial charge in [0.25, 0.3) is 0 Å². The number of thiophene rings is 1. The molecule has 0 spiro atoms. The minimum atomic E-state index is 0.196. The SMILES string of the molecule is CC(C)(C)c1ccc(C(CCc2cccs2)NN)cc1. The molecule has 20 heavy (non-hydrogen) atoms. The predicted octanol–water partition coefficient (Wildman–Crippen LogP) is 4.18. The zero-order valence-corrected chi connectivity index (χ0v) is 13.3. The molecule has 0 saturated heterocycles. The van der Waals surface area contributed by atoms with E-state index in [1.165, 1.54) is 16.0 Å². The maximum atomic E-state index is 5.72. The third kappa shape index (κ3) is 3.92. The van der Waals surface area contributed by atoms with Gasteiger partial charge in [-0.25, -0.2) is 0 Å². The second-order valence-corrected chi connectivity index (χ2v) is 7.24. The molecule has 108 valence electrons. The summed E-state index contributed by atoms with van der Waals surface area (Å²) in [5, 5.41) is 2.12. The molecule has 2 aromatic rings. The molecule has 0 radical (unpaired) electrons. The first-order valence-electron chi connectivity index (χ1n) is 7.09. The molecule has 1 aromatic carbocycles. The Bertz CT molecular complexity index is 509. The molecule has 0 aliphatic rings. The van der Waals surface area contributed by atoms with E-state index in [-0.39, 0.29) is 11.5 Å². The van der Waals surface area contributed by atoms with Crippen LogP contribution in [0.4, 0.5) is 0 Å². The molecule has 1 unspecified atom stereocenters. The molecule has 0 aliphatic carbocycles. The Morgan fingerprint density at radius 3 is 2.35 bits per heavy atom. The monoisotopic (exact) mass is 288 g/mol. The van der Waals surface area contributed by atoms with Gasteiger partial charge in [-0.05, 0) is 40.8 Å². The molecule has 2 rings (SSSR count). The van der Waals surface area contributed by atoms with Crippen molar-refractivity contribution in [3.8, 4) is 0 Å². The smallest absolute Gasteiger partial charge is 0.0463 e. The minimum Gasteiger partial charge on any atom is -0.271 e. The topological polar surface area (TPSA) is 38.0 Å². The van der Waals surface area contributed by atoms with E-state index in [4.69, 9.17) is 5.84 Å². The summed E-state index contributed by atoms with van der Waals surface area (Å²) in [6, 6.07) is 13.3. The van der Waals surface area contributed by atoms with Gasteiger partial charge in [0, 0.05) is 10.9 Å². The van der Waals surface area contributed by atoms with Crippen LogP contribution < -0.4 is 11.3 Å². The molecule has 1 aromatic heterocycles. The van der Waals surface area contributed by atoms with Crippen molar-refractivity contribution in [3.05, 3.63) is 57.8 Å². The average molecular weight is 288 g/mol. The molecule has 0 saturated carbocycles. The van der Waals surface area contributed by atoms with E-state index in [0.717, 1.165) is 12.8 Å². The molecule has 2 nitrogen and oxygen atoms in total. The molecule has 3 N–H and O–H groups in total. The fourth-order valence-electron chi connectivity index (χ4n) is 2.30.